The lowest BCUT2D eigenvalue weighted by molar-refractivity contribution is -0.127. The Hall–Kier alpha value is -3.13. The minimum atomic E-state index is -1.16. The van der Waals surface area contributed by atoms with Gasteiger partial charge in [0.1, 0.15) is 22.8 Å². The van der Waals surface area contributed by atoms with E-state index in [1.165, 1.54) is 0 Å². The molecule has 0 saturated carbocycles. The largest absolute Gasteiger partial charge is 0.511 e. The van der Waals surface area contributed by atoms with Crippen molar-refractivity contribution in [3.05, 3.63) is 51.0 Å². The number of benzene rings is 1. The highest BCUT2D eigenvalue weighted by Crippen LogP contribution is 2.50. The minimum absolute atomic E-state index is 0.102. The number of nitrogens with two attached hydrogens (primary N) is 1. The number of ketones is 2. The topological polar surface area (TPSA) is 141 Å². The van der Waals surface area contributed by atoms with Gasteiger partial charge < -0.3 is 21.1 Å². The van der Waals surface area contributed by atoms with Gasteiger partial charge in [0.2, 0.25) is 0 Å². The van der Waals surface area contributed by atoms with E-state index in [1.54, 1.807) is 25.9 Å². The standard InChI is InChI=1S/C23H26N2O6/c1-8-5-9(2)18(26)14-11(8)6-10-7-12-15(20(28)13(10)19(14)27)21(29)16(23(24)31)22(30)17(12)25(3)4/h5,10,12,15,17,26,28,30H,6-7H2,1-4H3,(H2,24,31)/t10?,12?,15?,17-/m0/s1. The number of carbonyl (C=O) groups excluding carboxylic acids is 3. The van der Waals surface area contributed by atoms with Gasteiger partial charge in [-0.3, -0.25) is 19.3 Å². The molecule has 5 N–H and O–H groups in total. The molecule has 0 bridgehead atoms. The van der Waals surface area contributed by atoms with Crippen molar-refractivity contribution in [2.75, 3.05) is 14.1 Å². The van der Waals surface area contributed by atoms with Crippen molar-refractivity contribution in [2.24, 2.45) is 23.5 Å². The predicted molar refractivity (Wildman–Crippen MR) is 112 cm³/mol. The lowest BCUT2D eigenvalue weighted by Crippen LogP contribution is -2.53. The number of fused-ring (bicyclic) bond motifs is 3. The summed E-state index contributed by atoms with van der Waals surface area (Å²) in [6.45, 7) is 3.57. The number of rotatable bonds is 2. The molecule has 4 rings (SSSR count). The molecule has 3 aliphatic carbocycles. The van der Waals surface area contributed by atoms with Crippen molar-refractivity contribution in [3.8, 4) is 5.75 Å². The van der Waals surface area contributed by atoms with Gasteiger partial charge in [0, 0.05) is 5.57 Å². The van der Waals surface area contributed by atoms with E-state index in [2.05, 4.69) is 0 Å². The molecule has 0 radical (unpaired) electrons. The Kier molecular flexibility index (Phi) is 4.73. The summed E-state index contributed by atoms with van der Waals surface area (Å²) in [5.41, 5.74) is 7.25. The number of hydrogen-bond donors (Lipinski definition) is 4. The molecule has 1 amide bonds. The van der Waals surface area contributed by atoms with Crippen LogP contribution < -0.4 is 5.73 Å². The third-order valence-electron chi connectivity index (χ3n) is 6.98. The molecule has 3 unspecified atom stereocenters. The average molecular weight is 426 g/mol. The Morgan fingerprint density at radius 3 is 2.32 bits per heavy atom. The van der Waals surface area contributed by atoms with Gasteiger partial charge in [0.25, 0.3) is 5.91 Å². The summed E-state index contributed by atoms with van der Waals surface area (Å²) in [6, 6.07) is 1.11. The first-order chi connectivity index (χ1) is 14.5. The van der Waals surface area contributed by atoms with Gasteiger partial charge >= 0.3 is 0 Å². The fourth-order valence-corrected chi connectivity index (χ4v) is 5.69. The maximum absolute atomic E-state index is 13.4. The van der Waals surface area contributed by atoms with E-state index in [-0.39, 0.29) is 22.8 Å². The highest BCUT2D eigenvalue weighted by Gasteiger charge is 2.54. The first kappa shape index (κ1) is 21.1. The van der Waals surface area contributed by atoms with Crippen LogP contribution >= 0.6 is 0 Å². The van der Waals surface area contributed by atoms with Crippen LogP contribution in [-0.2, 0) is 16.0 Å². The Labute approximate surface area is 179 Å². The normalized spacial score (nSPS) is 27.9. The van der Waals surface area contributed by atoms with Crippen molar-refractivity contribution in [3.63, 3.8) is 0 Å². The molecule has 3 aliphatic rings. The smallest absolute Gasteiger partial charge is 0.255 e. The maximum atomic E-state index is 13.4. The van der Waals surface area contributed by atoms with Crippen LogP contribution in [0.4, 0.5) is 0 Å². The van der Waals surface area contributed by atoms with E-state index in [9.17, 15) is 29.7 Å². The molecule has 0 aliphatic heterocycles. The van der Waals surface area contributed by atoms with Gasteiger partial charge in [-0.1, -0.05) is 6.07 Å². The molecule has 8 heteroatoms. The second-order valence-corrected chi connectivity index (χ2v) is 9.02. The van der Waals surface area contributed by atoms with E-state index >= 15 is 0 Å². The van der Waals surface area contributed by atoms with E-state index in [1.807, 2.05) is 13.0 Å². The van der Waals surface area contributed by atoms with Crippen LogP contribution in [0.2, 0.25) is 0 Å². The highest BCUT2D eigenvalue weighted by atomic mass is 16.3. The molecule has 0 aromatic heterocycles. The number of aliphatic hydroxyl groups is 2. The van der Waals surface area contributed by atoms with Gasteiger partial charge in [-0.25, -0.2) is 0 Å². The van der Waals surface area contributed by atoms with Crippen molar-refractivity contribution in [1.29, 1.82) is 0 Å². The van der Waals surface area contributed by atoms with E-state index in [4.69, 9.17) is 5.73 Å². The van der Waals surface area contributed by atoms with Gasteiger partial charge in [0.05, 0.1) is 17.5 Å². The lowest BCUT2D eigenvalue weighted by atomic mass is 9.60. The second-order valence-electron chi connectivity index (χ2n) is 9.02. The van der Waals surface area contributed by atoms with Crippen molar-refractivity contribution in [2.45, 2.75) is 32.7 Å². The van der Waals surface area contributed by atoms with Crippen LogP contribution in [0, 0.1) is 31.6 Å². The predicted octanol–water partition coefficient (Wildman–Crippen LogP) is 1.62. The third kappa shape index (κ3) is 2.81. The van der Waals surface area contributed by atoms with Crippen molar-refractivity contribution >= 4 is 17.5 Å². The number of primary amides is 1. The summed E-state index contributed by atoms with van der Waals surface area (Å²) in [5.74, 6) is -5.32. The van der Waals surface area contributed by atoms with E-state index < -0.39 is 52.4 Å². The van der Waals surface area contributed by atoms with Crippen LogP contribution in [0.25, 0.3) is 0 Å². The molecule has 8 nitrogen and oxygen atoms in total. The van der Waals surface area contributed by atoms with Gasteiger partial charge in [0.15, 0.2) is 11.6 Å². The van der Waals surface area contributed by atoms with Gasteiger partial charge in [-0.15, -0.1) is 0 Å². The number of Topliss-reactive ketones (excluding diaryl/α,β-unsaturated/α-hetero) is 2. The lowest BCUT2D eigenvalue weighted by Gasteiger charge is -2.46. The number of nitrogens with zero attached hydrogens (tertiary/aromatic N) is 1. The Morgan fingerprint density at radius 2 is 1.74 bits per heavy atom. The van der Waals surface area contributed by atoms with E-state index in [0.29, 0.717) is 18.4 Å². The number of phenolic OH excluding ortho intramolecular Hbond substituents is 1. The number of likely N-dealkylation sites (N-methyl/N-ethyl adjacent to an activating group) is 1. The van der Waals surface area contributed by atoms with Crippen LogP contribution in [0.5, 0.6) is 5.75 Å². The number of aromatic hydroxyl groups is 1. The summed E-state index contributed by atoms with van der Waals surface area (Å²) in [4.78, 5) is 40.1. The summed E-state index contributed by atoms with van der Waals surface area (Å²) in [6.07, 6.45) is 0.777. The molecule has 164 valence electrons. The number of carbonyl (C=O) groups is 3. The van der Waals surface area contributed by atoms with Crippen molar-refractivity contribution in [1.82, 2.24) is 4.90 Å². The first-order valence-electron chi connectivity index (χ1n) is 10.2. The molecule has 1 aromatic carbocycles. The minimum Gasteiger partial charge on any atom is -0.511 e. The number of hydrogen-bond acceptors (Lipinski definition) is 7. The number of allylic oxidation sites excluding steroid dienone is 2. The fourth-order valence-electron chi connectivity index (χ4n) is 5.69. The summed E-state index contributed by atoms with van der Waals surface area (Å²) >= 11 is 0. The zero-order valence-corrected chi connectivity index (χ0v) is 17.9. The molecule has 4 atom stereocenters. The number of aliphatic hydroxyl groups excluding tert-OH is 2. The van der Waals surface area contributed by atoms with Gasteiger partial charge in [-0.2, -0.15) is 0 Å². The van der Waals surface area contributed by atoms with Crippen LogP contribution in [0.1, 0.15) is 33.5 Å². The molecule has 0 saturated heterocycles. The zero-order valence-electron chi connectivity index (χ0n) is 17.9. The van der Waals surface area contributed by atoms with E-state index in [0.717, 1.165) is 11.1 Å². The van der Waals surface area contributed by atoms with Crippen LogP contribution in [0.3, 0.4) is 0 Å². The maximum Gasteiger partial charge on any atom is 0.255 e. The quantitative estimate of drug-likeness (QED) is 0.527. The number of aryl methyl sites for hydroxylation is 2. The Balaban J connectivity index is 1.93. The number of amides is 1. The van der Waals surface area contributed by atoms with Crippen LogP contribution in [-0.4, -0.2) is 57.8 Å². The van der Waals surface area contributed by atoms with Gasteiger partial charge in [-0.05, 0) is 69.3 Å². The fraction of sp³-hybridized carbons (Fsp3) is 0.435. The molecular formula is C23H26N2O6. The molecule has 0 spiro atoms. The molecule has 0 fully saturated rings. The first-order valence-corrected chi connectivity index (χ1v) is 10.2. The molecular weight excluding hydrogens is 400 g/mol. The molecule has 31 heavy (non-hydrogen) atoms. The molecule has 1 aromatic rings. The van der Waals surface area contributed by atoms with Crippen molar-refractivity contribution < 1.29 is 29.7 Å². The number of phenols is 1. The SMILES string of the molecule is Cc1cc(C)c2c(c1O)C(=O)C1=C(O)C3C(=O)C(C(N)=O)=C(O)[C@@H](N(C)C)C3CC1C2. The monoisotopic (exact) mass is 426 g/mol. The van der Waals surface area contributed by atoms with Crippen LogP contribution in [0.15, 0.2) is 28.7 Å². The zero-order chi connectivity index (χ0) is 22.9. The third-order valence-corrected chi connectivity index (χ3v) is 6.98. The Morgan fingerprint density at radius 1 is 1.10 bits per heavy atom. The second kappa shape index (κ2) is 6.95. The highest BCUT2D eigenvalue weighted by molar-refractivity contribution is 6.22. The average Bonchev–Trinajstić information content (AvgIpc) is 2.64. The Bertz CT molecular complexity index is 1110. The molecule has 0 heterocycles. The summed E-state index contributed by atoms with van der Waals surface area (Å²) < 4.78 is 0. The summed E-state index contributed by atoms with van der Waals surface area (Å²) in [5, 5.41) is 32.4. The summed E-state index contributed by atoms with van der Waals surface area (Å²) in [7, 11) is 3.41.